The van der Waals surface area contributed by atoms with Gasteiger partial charge >= 0.3 is 0 Å². The molecule has 0 atom stereocenters. The van der Waals surface area contributed by atoms with Gasteiger partial charge in [0.1, 0.15) is 0 Å². The summed E-state index contributed by atoms with van der Waals surface area (Å²) >= 11 is 0. The van der Waals surface area contributed by atoms with Crippen LogP contribution in [0.2, 0.25) is 0 Å². The summed E-state index contributed by atoms with van der Waals surface area (Å²) in [7, 11) is 0. The van der Waals surface area contributed by atoms with E-state index in [9.17, 15) is 0 Å². The van der Waals surface area contributed by atoms with Crippen LogP contribution in [-0.4, -0.2) is 73.6 Å². The third-order valence-corrected chi connectivity index (χ3v) is 0. The summed E-state index contributed by atoms with van der Waals surface area (Å²) < 4.78 is 0. The van der Waals surface area contributed by atoms with E-state index in [0.29, 0.717) is 25.9 Å². The van der Waals surface area contributed by atoms with Crippen molar-refractivity contribution in [2.24, 2.45) is 0 Å². The quantitative estimate of drug-likeness (QED) is 0.277. The van der Waals surface area contributed by atoms with E-state index in [0.717, 1.165) is 0 Å². The Morgan fingerprint density at radius 2 is 0.538 bits per heavy atom. The summed E-state index contributed by atoms with van der Waals surface area (Å²) in [5.74, 6) is 0. The molecule has 0 heterocycles. The monoisotopic (exact) mass is 388 g/mol. The van der Waals surface area contributed by atoms with Gasteiger partial charge in [0.25, 0.3) is 0 Å². The fraction of sp³-hybridized carbons (Fsp3) is 0. The molecular weight excluding hydrogens is 383 g/mol. The van der Waals surface area contributed by atoms with Crippen LogP contribution in [0.5, 0.6) is 0 Å². The molecule has 0 aliphatic rings. The van der Waals surface area contributed by atoms with Crippen LogP contribution in [0.25, 0.3) is 0 Å². The van der Waals surface area contributed by atoms with E-state index in [1.54, 1.807) is 0 Å². The molecule has 4 radical (unpaired) electrons. The van der Waals surface area contributed by atoms with Gasteiger partial charge in [-0.05, 0) is 0 Å². The maximum absolute atomic E-state index is 8.24. The summed E-state index contributed by atoms with van der Waals surface area (Å²) in [5, 5.41) is 27.1. The Kier molecular flexibility index (Phi) is 303. The second-order valence-corrected chi connectivity index (χ2v) is 0.365. The molecule has 0 spiro atoms. The molecule has 0 aliphatic carbocycles. The van der Waals surface area contributed by atoms with Crippen molar-refractivity contribution in [3.63, 3.8) is 0 Å². The van der Waals surface area contributed by atoms with E-state index < -0.39 is 0 Å². The Hall–Kier alpha value is -1.20. The SMILES string of the molecule is O=[C-]O.O=[C-]O.O=[C-]O.O=[C-]O.[Pb]. The van der Waals surface area contributed by atoms with Crippen LogP contribution in [0, 0.1) is 0 Å². The Labute approximate surface area is 93.0 Å². The molecule has 0 unspecified atom stereocenters. The molecule has 0 fully saturated rings. The van der Waals surface area contributed by atoms with Crippen LogP contribution in [0.1, 0.15) is 0 Å². The zero-order valence-electron chi connectivity index (χ0n) is 5.92. The van der Waals surface area contributed by atoms with Crippen molar-refractivity contribution < 1.29 is 39.6 Å². The minimum absolute atomic E-state index is 0. The molecule has 0 aromatic heterocycles. The molecule has 0 bridgehead atoms. The Bertz CT molecular complexity index is 70.1. The van der Waals surface area contributed by atoms with Gasteiger partial charge in [0.15, 0.2) is 0 Å². The van der Waals surface area contributed by atoms with Gasteiger partial charge < -0.3 is 39.6 Å². The van der Waals surface area contributed by atoms with Gasteiger partial charge in [-0.25, -0.2) is 0 Å². The first-order valence-electron chi connectivity index (χ1n) is 1.71. The predicted molar refractivity (Wildman–Crippen MR) is 39.0 cm³/mol. The van der Waals surface area contributed by atoms with E-state index in [1.165, 1.54) is 0 Å². The van der Waals surface area contributed by atoms with Crippen LogP contribution >= 0.6 is 0 Å². The fourth-order valence-electron chi connectivity index (χ4n) is 0. The largest absolute Gasteiger partial charge is 0.665 e. The summed E-state index contributed by atoms with van der Waals surface area (Å²) in [6.07, 6.45) is 0. The van der Waals surface area contributed by atoms with Gasteiger partial charge in [-0.15, -0.1) is 0 Å². The maximum atomic E-state index is 8.24. The van der Waals surface area contributed by atoms with Crippen molar-refractivity contribution in [2.75, 3.05) is 0 Å². The molecule has 0 saturated carbocycles. The van der Waals surface area contributed by atoms with Gasteiger partial charge in [-0.3, -0.25) is 0 Å². The predicted octanol–water partition coefficient (Wildman–Crippen LogP) is -1.93. The molecule has 0 rings (SSSR count). The molecular formula is C4H4O8Pb-4. The van der Waals surface area contributed by atoms with Gasteiger partial charge in [0, 0.05) is 27.3 Å². The second kappa shape index (κ2) is 132. The summed E-state index contributed by atoms with van der Waals surface area (Å²) in [6, 6.07) is 0. The van der Waals surface area contributed by atoms with Gasteiger partial charge in [-0.2, -0.15) is 0 Å². The first-order valence-corrected chi connectivity index (χ1v) is 1.71. The van der Waals surface area contributed by atoms with E-state index in [-0.39, 0.29) is 27.3 Å². The van der Waals surface area contributed by atoms with Crippen molar-refractivity contribution in [1.29, 1.82) is 0 Å². The van der Waals surface area contributed by atoms with Crippen molar-refractivity contribution in [3.8, 4) is 0 Å². The molecule has 76 valence electrons. The van der Waals surface area contributed by atoms with Crippen LogP contribution in [-0.2, 0) is 19.2 Å². The van der Waals surface area contributed by atoms with Gasteiger partial charge in [0.2, 0.25) is 0 Å². The molecule has 0 saturated heterocycles. The van der Waals surface area contributed by atoms with Crippen molar-refractivity contribution in [3.05, 3.63) is 0 Å². The van der Waals surface area contributed by atoms with Crippen LogP contribution in [0.4, 0.5) is 0 Å². The zero-order valence-corrected chi connectivity index (χ0v) is 9.81. The van der Waals surface area contributed by atoms with Crippen LogP contribution in [0.15, 0.2) is 0 Å². The molecule has 0 aromatic rings. The maximum Gasteiger partial charge on any atom is 0 e. The number of hydrogen-bond donors (Lipinski definition) is 4. The van der Waals surface area contributed by atoms with Crippen LogP contribution < -0.4 is 0 Å². The Morgan fingerprint density at radius 1 is 0.538 bits per heavy atom. The van der Waals surface area contributed by atoms with Crippen molar-refractivity contribution in [2.45, 2.75) is 0 Å². The molecule has 13 heavy (non-hydrogen) atoms. The standard InChI is InChI=1S/4CHO2.Pb/c4*2-1-3;/h4*(H,2,3);/q4*-1;. The molecule has 9 heteroatoms. The van der Waals surface area contributed by atoms with Gasteiger partial charge in [0.05, 0.1) is 0 Å². The second-order valence-electron chi connectivity index (χ2n) is 0.365. The minimum atomic E-state index is 0. The van der Waals surface area contributed by atoms with Gasteiger partial charge in [-0.1, -0.05) is 25.9 Å². The molecule has 4 N–H and O–H groups in total. The zero-order chi connectivity index (χ0) is 10.8. The average molecular weight is 387 g/mol. The topological polar surface area (TPSA) is 149 Å². The number of hydrogen-bond acceptors (Lipinski definition) is 4. The third-order valence-electron chi connectivity index (χ3n) is 0. The van der Waals surface area contributed by atoms with E-state index in [1.807, 2.05) is 0 Å². The molecule has 0 aromatic carbocycles. The van der Waals surface area contributed by atoms with Crippen molar-refractivity contribution in [1.82, 2.24) is 0 Å². The molecule has 8 nitrogen and oxygen atoms in total. The first-order chi connectivity index (χ1) is 5.66. The van der Waals surface area contributed by atoms with E-state index in [4.69, 9.17) is 39.6 Å². The van der Waals surface area contributed by atoms with Crippen LogP contribution in [0.3, 0.4) is 0 Å². The summed E-state index contributed by atoms with van der Waals surface area (Å²) in [5.41, 5.74) is 0. The summed E-state index contributed by atoms with van der Waals surface area (Å²) in [4.78, 5) is 32.9. The number of aliphatic hydroxyl groups excluding tert-OH is 4. The minimum Gasteiger partial charge on any atom is -0.665 e. The van der Waals surface area contributed by atoms with E-state index in [2.05, 4.69) is 0 Å². The average Bonchev–Trinajstić information content (AvgIpc) is 1.92. The normalized spacial score (nSPS) is 3.69. The fourth-order valence-corrected chi connectivity index (χ4v) is 0. The molecule has 0 aliphatic heterocycles. The smallest absolute Gasteiger partial charge is 0 e. The molecule has 0 amide bonds. The Balaban J connectivity index is -0.0000000213. The first kappa shape index (κ1) is 29.8. The van der Waals surface area contributed by atoms with Crippen molar-refractivity contribution >= 4 is 53.2 Å². The van der Waals surface area contributed by atoms with E-state index >= 15 is 0 Å². The Morgan fingerprint density at radius 3 is 0.538 bits per heavy atom. The third kappa shape index (κ3) is 583. The number of rotatable bonds is 0. The summed E-state index contributed by atoms with van der Waals surface area (Å²) in [6.45, 7) is 2.00.